The lowest BCUT2D eigenvalue weighted by molar-refractivity contribution is 0.552. The van der Waals surface area contributed by atoms with Crippen LogP contribution in [0.5, 0.6) is 0 Å². The van der Waals surface area contributed by atoms with Crippen LogP contribution in [-0.4, -0.2) is 25.6 Å². The van der Waals surface area contributed by atoms with E-state index in [1.54, 1.807) is 6.08 Å². The van der Waals surface area contributed by atoms with Gasteiger partial charge in [0.25, 0.3) is 0 Å². The molecule has 0 N–H and O–H groups in total. The van der Waals surface area contributed by atoms with Gasteiger partial charge in [-0.25, -0.2) is 0 Å². The second-order valence-electron chi connectivity index (χ2n) is 4.50. The summed E-state index contributed by atoms with van der Waals surface area (Å²) in [6, 6.07) is 8.59. The SMILES string of the molecule is BBC1N=C(C)N(/C=C\C=C)Cc2ccccc21. The Morgan fingerprint density at radius 3 is 3.00 bits per heavy atom. The predicted molar refractivity (Wildman–Crippen MR) is 82.9 cm³/mol. The number of nitrogens with zero attached hydrogens (tertiary/aromatic N) is 2. The molecule has 2 rings (SSSR count). The fraction of sp³-hybridized carbons (Fsp3) is 0.214. The van der Waals surface area contributed by atoms with E-state index in [1.165, 1.54) is 11.1 Å². The summed E-state index contributed by atoms with van der Waals surface area (Å²) in [4.78, 5) is 7.00. The Labute approximate surface area is 111 Å². The molecule has 0 fully saturated rings. The summed E-state index contributed by atoms with van der Waals surface area (Å²) in [7, 11) is 3.22. The van der Waals surface area contributed by atoms with Crippen molar-refractivity contribution in [2.75, 3.05) is 0 Å². The summed E-state index contributed by atoms with van der Waals surface area (Å²) in [6.45, 7) is 6.67. The molecule has 0 bridgehead atoms. The largest absolute Gasteiger partial charge is 0.333 e. The summed E-state index contributed by atoms with van der Waals surface area (Å²) < 4.78 is 0. The van der Waals surface area contributed by atoms with E-state index in [2.05, 4.69) is 50.4 Å². The molecule has 0 aliphatic carbocycles. The van der Waals surface area contributed by atoms with E-state index in [4.69, 9.17) is 4.99 Å². The van der Waals surface area contributed by atoms with Gasteiger partial charge in [0.05, 0.1) is 13.6 Å². The van der Waals surface area contributed by atoms with Crippen LogP contribution in [0.2, 0.25) is 0 Å². The molecule has 1 unspecified atom stereocenters. The quantitative estimate of drug-likeness (QED) is 0.574. The van der Waals surface area contributed by atoms with Gasteiger partial charge in [0.2, 0.25) is 0 Å². The van der Waals surface area contributed by atoms with Crippen LogP contribution in [0, 0.1) is 0 Å². The van der Waals surface area contributed by atoms with Crippen molar-refractivity contribution in [3.05, 3.63) is 60.3 Å². The van der Waals surface area contributed by atoms with Crippen molar-refractivity contribution in [2.24, 2.45) is 4.99 Å². The highest BCUT2D eigenvalue weighted by Crippen LogP contribution is 2.25. The smallest absolute Gasteiger partial charge is 0.119 e. The van der Waals surface area contributed by atoms with Crippen molar-refractivity contribution < 1.29 is 0 Å². The second kappa shape index (κ2) is 5.76. The molecule has 90 valence electrons. The Balaban J connectivity index is 2.42. The molecule has 18 heavy (non-hydrogen) atoms. The van der Waals surface area contributed by atoms with Crippen LogP contribution in [0.3, 0.4) is 0 Å². The molecule has 0 amide bonds. The number of amidine groups is 1. The third kappa shape index (κ3) is 2.58. The lowest BCUT2D eigenvalue weighted by Crippen LogP contribution is -2.21. The number of hydrogen-bond acceptors (Lipinski definition) is 2. The van der Waals surface area contributed by atoms with Crippen LogP contribution in [0.1, 0.15) is 24.0 Å². The lowest BCUT2D eigenvalue weighted by atomic mass is 9.49. The molecular formula is C14H18B2N2. The Bertz CT molecular complexity index is 494. The number of hydrogen-bond donors (Lipinski definition) is 0. The molecule has 1 atom stereocenters. The minimum atomic E-state index is 0.281. The van der Waals surface area contributed by atoms with E-state index in [9.17, 15) is 0 Å². The minimum absolute atomic E-state index is 0.281. The molecule has 1 heterocycles. The first-order valence-electron chi connectivity index (χ1n) is 6.44. The van der Waals surface area contributed by atoms with Crippen LogP contribution in [0.4, 0.5) is 0 Å². The molecule has 4 heteroatoms. The molecule has 1 aromatic carbocycles. The van der Waals surface area contributed by atoms with Crippen LogP contribution < -0.4 is 0 Å². The maximum atomic E-state index is 4.83. The first-order chi connectivity index (χ1) is 8.76. The van der Waals surface area contributed by atoms with Crippen molar-refractivity contribution in [3.63, 3.8) is 0 Å². The molecule has 2 nitrogen and oxygen atoms in total. The Morgan fingerprint density at radius 2 is 2.28 bits per heavy atom. The van der Waals surface area contributed by atoms with Gasteiger partial charge in [0.15, 0.2) is 0 Å². The fourth-order valence-corrected chi connectivity index (χ4v) is 2.31. The number of benzene rings is 1. The van der Waals surface area contributed by atoms with Gasteiger partial charge in [-0.1, -0.05) is 36.9 Å². The maximum absolute atomic E-state index is 4.83. The third-order valence-corrected chi connectivity index (χ3v) is 3.30. The summed E-state index contributed by atoms with van der Waals surface area (Å²) >= 11 is 0. The van der Waals surface area contributed by atoms with Gasteiger partial charge in [-0.05, 0) is 24.1 Å². The molecule has 0 radical (unpaired) electrons. The van der Waals surface area contributed by atoms with Crippen molar-refractivity contribution in [2.45, 2.75) is 19.4 Å². The Morgan fingerprint density at radius 1 is 1.50 bits per heavy atom. The van der Waals surface area contributed by atoms with Gasteiger partial charge in [0, 0.05) is 18.7 Å². The predicted octanol–water partition coefficient (Wildman–Crippen LogP) is 1.60. The van der Waals surface area contributed by atoms with Gasteiger partial charge >= 0.3 is 0 Å². The van der Waals surface area contributed by atoms with E-state index < -0.39 is 0 Å². The molecule has 1 aliphatic rings. The standard InChI is InChI=1S/C14H18B2N2/c1-3-4-9-18-10-12-7-5-6-8-13(12)14(16-15)17-11(18)2/h3-9,14,16H,1,10,15H2,2H3/b9-4-. The van der Waals surface area contributed by atoms with Crippen LogP contribution >= 0.6 is 0 Å². The van der Waals surface area contributed by atoms with Crippen molar-refractivity contribution >= 4 is 20.7 Å². The number of aliphatic imine (C=N–C) groups is 1. The van der Waals surface area contributed by atoms with Gasteiger partial charge in [-0.15, -0.1) is 0 Å². The van der Waals surface area contributed by atoms with Crippen molar-refractivity contribution in [1.82, 2.24) is 4.90 Å². The van der Waals surface area contributed by atoms with Crippen molar-refractivity contribution in [3.8, 4) is 0 Å². The summed E-state index contributed by atoms with van der Waals surface area (Å²) in [5.41, 5.74) is 2.72. The highest BCUT2D eigenvalue weighted by atomic mass is 15.2. The van der Waals surface area contributed by atoms with E-state index in [-0.39, 0.29) is 5.94 Å². The topological polar surface area (TPSA) is 15.6 Å². The average molecular weight is 236 g/mol. The van der Waals surface area contributed by atoms with E-state index in [0.717, 1.165) is 19.6 Å². The lowest BCUT2D eigenvalue weighted by Gasteiger charge is -2.18. The molecule has 0 saturated heterocycles. The minimum Gasteiger partial charge on any atom is -0.333 e. The van der Waals surface area contributed by atoms with Gasteiger partial charge in [-0.2, -0.15) is 0 Å². The van der Waals surface area contributed by atoms with E-state index in [0.29, 0.717) is 0 Å². The molecular weight excluding hydrogens is 218 g/mol. The first-order valence-corrected chi connectivity index (χ1v) is 6.44. The third-order valence-electron chi connectivity index (χ3n) is 3.30. The summed E-state index contributed by atoms with van der Waals surface area (Å²) in [6.07, 6.45) is 5.79. The van der Waals surface area contributed by atoms with Crippen molar-refractivity contribution in [1.29, 1.82) is 0 Å². The Hall–Kier alpha value is -1.70. The normalized spacial score (nSPS) is 19.1. The summed E-state index contributed by atoms with van der Waals surface area (Å²) in [5, 5.41) is 0. The van der Waals surface area contributed by atoms with Gasteiger partial charge in [0.1, 0.15) is 7.17 Å². The monoisotopic (exact) mass is 236 g/mol. The zero-order chi connectivity index (χ0) is 13.0. The Kier molecular flexibility index (Phi) is 4.08. The highest BCUT2D eigenvalue weighted by molar-refractivity contribution is 6.90. The van der Waals surface area contributed by atoms with Crippen LogP contribution in [0.15, 0.2) is 54.2 Å². The molecule has 1 aromatic rings. The van der Waals surface area contributed by atoms with Crippen LogP contribution in [0.25, 0.3) is 0 Å². The number of allylic oxidation sites excluding steroid dienone is 2. The van der Waals surface area contributed by atoms with Gasteiger partial charge < -0.3 is 4.90 Å². The van der Waals surface area contributed by atoms with E-state index in [1.807, 2.05) is 12.3 Å². The molecule has 0 aromatic heterocycles. The number of fused-ring (bicyclic) bond motifs is 1. The maximum Gasteiger partial charge on any atom is 0.119 e. The molecule has 0 saturated carbocycles. The second-order valence-corrected chi connectivity index (χ2v) is 4.50. The molecule has 1 aliphatic heterocycles. The summed E-state index contributed by atoms with van der Waals surface area (Å²) in [5.74, 6) is 1.35. The average Bonchev–Trinajstić information content (AvgIpc) is 2.53. The van der Waals surface area contributed by atoms with Crippen LogP contribution in [-0.2, 0) is 6.54 Å². The number of rotatable bonds is 3. The fourth-order valence-electron chi connectivity index (χ4n) is 2.31. The highest BCUT2D eigenvalue weighted by Gasteiger charge is 2.19. The molecule has 0 spiro atoms. The zero-order valence-electron chi connectivity index (χ0n) is 11.1. The van der Waals surface area contributed by atoms with Gasteiger partial charge in [-0.3, -0.25) is 4.99 Å². The zero-order valence-corrected chi connectivity index (χ0v) is 11.1. The first kappa shape index (κ1) is 12.7. The van der Waals surface area contributed by atoms with E-state index >= 15 is 0 Å².